The van der Waals surface area contributed by atoms with Crippen LogP contribution in [0.15, 0.2) is 24.5 Å². The Morgan fingerprint density at radius 1 is 1.29 bits per heavy atom. The van der Waals surface area contributed by atoms with E-state index in [0.29, 0.717) is 21.6 Å². The van der Waals surface area contributed by atoms with Crippen molar-refractivity contribution in [2.24, 2.45) is 0 Å². The van der Waals surface area contributed by atoms with Gasteiger partial charge in [-0.1, -0.05) is 23.2 Å². The van der Waals surface area contributed by atoms with Gasteiger partial charge < -0.3 is 0 Å². The molecule has 4 nitrogen and oxygen atoms in total. The predicted molar refractivity (Wildman–Crippen MR) is 65.8 cm³/mol. The highest BCUT2D eigenvalue weighted by molar-refractivity contribution is 6.34. The maximum atomic E-state index is 10.9. The number of carbonyl (C=O) groups excluding carboxylic acids is 1. The Balaban J connectivity index is 2.33. The van der Waals surface area contributed by atoms with Crippen molar-refractivity contribution in [3.8, 4) is 5.69 Å². The summed E-state index contributed by atoms with van der Waals surface area (Å²) in [5, 5.41) is 5.22. The number of aromatic nitrogens is 3. The van der Waals surface area contributed by atoms with Gasteiger partial charge in [0.2, 0.25) is 0 Å². The lowest BCUT2D eigenvalue weighted by atomic mass is 10.3. The van der Waals surface area contributed by atoms with Crippen molar-refractivity contribution in [2.45, 2.75) is 13.3 Å². The topological polar surface area (TPSA) is 47.8 Å². The molecular weight excluding hydrogens is 261 g/mol. The Hall–Kier alpha value is -1.39. The van der Waals surface area contributed by atoms with Gasteiger partial charge in [0.05, 0.1) is 12.1 Å². The minimum Gasteiger partial charge on any atom is -0.300 e. The third kappa shape index (κ3) is 3.05. The molecule has 0 saturated heterocycles. The molecule has 0 aliphatic carbocycles. The van der Waals surface area contributed by atoms with E-state index in [0.717, 1.165) is 0 Å². The van der Waals surface area contributed by atoms with Gasteiger partial charge in [0.25, 0.3) is 0 Å². The van der Waals surface area contributed by atoms with Gasteiger partial charge in [0.1, 0.15) is 12.1 Å². The summed E-state index contributed by atoms with van der Waals surface area (Å²) >= 11 is 11.8. The molecule has 0 aliphatic rings. The number of halogens is 2. The van der Waals surface area contributed by atoms with Crippen molar-refractivity contribution in [2.75, 3.05) is 0 Å². The van der Waals surface area contributed by atoms with E-state index in [2.05, 4.69) is 10.1 Å². The average molecular weight is 270 g/mol. The summed E-state index contributed by atoms with van der Waals surface area (Å²) in [6.07, 6.45) is 1.75. The summed E-state index contributed by atoms with van der Waals surface area (Å²) in [4.78, 5) is 15.0. The van der Waals surface area contributed by atoms with Crippen LogP contribution < -0.4 is 0 Å². The lowest BCUT2D eigenvalue weighted by molar-refractivity contribution is -0.116. The Morgan fingerprint density at radius 2 is 1.94 bits per heavy atom. The lowest BCUT2D eigenvalue weighted by Crippen LogP contribution is -2.00. The number of carbonyl (C=O) groups is 1. The van der Waals surface area contributed by atoms with E-state index in [4.69, 9.17) is 23.2 Å². The molecule has 0 saturated carbocycles. The Bertz CT molecular complexity index is 545. The fraction of sp³-hybridized carbons (Fsp3) is 0.182. The monoisotopic (exact) mass is 269 g/mol. The van der Waals surface area contributed by atoms with E-state index in [1.54, 1.807) is 18.2 Å². The van der Waals surface area contributed by atoms with Crippen LogP contribution in [-0.2, 0) is 11.2 Å². The molecular formula is C11H9Cl2N3O. The highest BCUT2D eigenvalue weighted by Crippen LogP contribution is 2.21. The summed E-state index contributed by atoms with van der Waals surface area (Å²) in [6.45, 7) is 1.50. The van der Waals surface area contributed by atoms with Crippen molar-refractivity contribution >= 4 is 29.0 Å². The summed E-state index contributed by atoms with van der Waals surface area (Å²) in [6, 6.07) is 5.08. The van der Waals surface area contributed by atoms with E-state index < -0.39 is 0 Å². The van der Waals surface area contributed by atoms with Crippen LogP contribution in [0, 0.1) is 0 Å². The van der Waals surface area contributed by atoms with Gasteiger partial charge in [-0.25, -0.2) is 9.67 Å². The SMILES string of the molecule is CC(=O)Cc1ncn(-c2cc(Cl)cc(Cl)c2)n1. The van der Waals surface area contributed by atoms with Crippen molar-refractivity contribution in [1.29, 1.82) is 0 Å². The van der Waals surface area contributed by atoms with Crippen LogP contribution in [0.1, 0.15) is 12.7 Å². The van der Waals surface area contributed by atoms with Crippen LogP contribution in [-0.4, -0.2) is 20.5 Å². The zero-order chi connectivity index (χ0) is 12.4. The van der Waals surface area contributed by atoms with Crippen molar-refractivity contribution < 1.29 is 4.79 Å². The number of benzene rings is 1. The largest absolute Gasteiger partial charge is 0.300 e. The van der Waals surface area contributed by atoms with Crippen LogP contribution in [0.5, 0.6) is 0 Å². The predicted octanol–water partition coefficient (Wildman–Crippen LogP) is 2.71. The summed E-state index contributed by atoms with van der Waals surface area (Å²) in [5.41, 5.74) is 0.713. The normalized spacial score (nSPS) is 10.5. The van der Waals surface area contributed by atoms with E-state index in [-0.39, 0.29) is 12.2 Å². The molecule has 0 amide bonds. The zero-order valence-electron chi connectivity index (χ0n) is 9.02. The highest BCUT2D eigenvalue weighted by atomic mass is 35.5. The first-order valence-electron chi connectivity index (χ1n) is 4.91. The average Bonchev–Trinajstić information content (AvgIpc) is 2.63. The van der Waals surface area contributed by atoms with E-state index >= 15 is 0 Å². The second kappa shape index (κ2) is 4.85. The molecule has 6 heteroatoms. The van der Waals surface area contributed by atoms with Crippen LogP contribution in [0.3, 0.4) is 0 Å². The van der Waals surface area contributed by atoms with Crippen molar-refractivity contribution in [3.63, 3.8) is 0 Å². The first kappa shape index (κ1) is 12.1. The molecule has 0 unspecified atom stereocenters. The van der Waals surface area contributed by atoms with Crippen LogP contribution >= 0.6 is 23.2 Å². The molecule has 2 rings (SSSR count). The minimum absolute atomic E-state index is 0.0203. The molecule has 0 radical (unpaired) electrons. The number of rotatable bonds is 3. The maximum absolute atomic E-state index is 10.9. The molecule has 1 aromatic heterocycles. The zero-order valence-corrected chi connectivity index (χ0v) is 10.5. The van der Waals surface area contributed by atoms with E-state index in [1.165, 1.54) is 17.9 Å². The summed E-state index contributed by atoms with van der Waals surface area (Å²) in [7, 11) is 0. The quantitative estimate of drug-likeness (QED) is 0.861. The number of Topliss-reactive ketones (excluding diaryl/α,β-unsaturated/α-hetero) is 1. The Kier molecular flexibility index (Phi) is 3.45. The van der Waals surface area contributed by atoms with Crippen molar-refractivity contribution in [3.05, 3.63) is 40.4 Å². The third-order valence-corrected chi connectivity index (χ3v) is 2.49. The fourth-order valence-electron chi connectivity index (χ4n) is 1.40. The van der Waals surface area contributed by atoms with E-state index in [1.807, 2.05) is 0 Å². The van der Waals surface area contributed by atoms with Crippen LogP contribution in [0.25, 0.3) is 5.69 Å². The first-order chi connectivity index (χ1) is 8.04. The van der Waals surface area contributed by atoms with Gasteiger partial charge in [-0.05, 0) is 25.1 Å². The Labute approximate surface area is 108 Å². The number of hydrogen-bond acceptors (Lipinski definition) is 3. The molecule has 1 heterocycles. The molecule has 0 N–H and O–H groups in total. The highest BCUT2D eigenvalue weighted by Gasteiger charge is 2.06. The molecule has 0 aliphatic heterocycles. The summed E-state index contributed by atoms with van der Waals surface area (Å²) < 4.78 is 1.54. The van der Waals surface area contributed by atoms with Gasteiger partial charge in [-0.15, -0.1) is 0 Å². The molecule has 0 fully saturated rings. The molecule has 2 aromatic rings. The molecule has 0 atom stereocenters. The maximum Gasteiger partial charge on any atom is 0.158 e. The third-order valence-electron chi connectivity index (χ3n) is 2.06. The van der Waals surface area contributed by atoms with E-state index in [9.17, 15) is 4.79 Å². The smallest absolute Gasteiger partial charge is 0.158 e. The van der Waals surface area contributed by atoms with Crippen LogP contribution in [0.4, 0.5) is 0 Å². The molecule has 0 spiro atoms. The number of ketones is 1. The van der Waals surface area contributed by atoms with Gasteiger partial charge >= 0.3 is 0 Å². The minimum atomic E-state index is 0.0203. The van der Waals surface area contributed by atoms with Gasteiger partial charge in [-0.3, -0.25) is 4.79 Å². The molecule has 1 aromatic carbocycles. The second-order valence-corrected chi connectivity index (χ2v) is 4.48. The molecule has 88 valence electrons. The molecule has 17 heavy (non-hydrogen) atoms. The van der Waals surface area contributed by atoms with Gasteiger partial charge in [0.15, 0.2) is 5.82 Å². The summed E-state index contributed by atoms with van der Waals surface area (Å²) in [5.74, 6) is 0.500. The lowest BCUT2D eigenvalue weighted by Gasteiger charge is -2.01. The number of hydrogen-bond donors (Lipinski definition) is 0. The Morgan fingerprint density at radius 3 is 2.53 bits per heavy atom. The number of nitrogens with zero attached hydrogens (tertiary/aromatic N) is 3. The van der Waals surface area contributed by atoms with Crippen molar-refractivity contribution in [1.82, 2.24) is 14.8 Å². The van der Waals surface area contributed by atoms with Gasteiger partial charge in [0, 0.05) is 10.0 Å². The van der Waals surface area contributed by atoms with Crippen LogP contribution in [0.2, 0.25) is 10.0 Å². The molecule has 0 bridgehead atoms. The first-order valence-corrected chi connectivity index (χ1v) is 5.66. The second-order valence-electron chi connectivity index (χ2n) is 3.61. The van der Waals surface area contributed by atoms with Gasteiger partial charge in [-0.2, -0.15) is 5.10 Å². The fourth-order valence-corrected chi connectivity index (χ4v) is 1.91. The standard InChI is InChI=1S/C11H9Cl2N3O/c1-7(17)2-11-14-6-16(15-11)10-4-8(12)3-9(13)5-10/h3-6H,2H2,1H3.